The lowest BCUT2D eigenvalue weighted by Crippen LogP contribution is -2.34. The molecule has 1 aliphatic rings. The molecule has 1 unspecified atom stereocenters. The highest BCUT2D eigenvalue weighted by molar-refractivity contribution is 5.94. The first-order chi connectivity index (χ1) is 9.11. The van der Waals surface area contributed by atoms with Crippen LogP contribution in [0.2, 0.25) is 0 Å². The Hall–Kier alpha value is -1.86. The molecule has 1 saturated heterocycles. The van der Waals surface area contributed by atoms with Crippen LogP contribution in [0.4, 0.5) is 5.69 Å². The van der Waals surface area contributed by atoms with E-state index in [1.54, 1.807) is 6.92 Å². The fraction of sp³-hybridized carbons (Fsp3) is 0.467. The van der Waals surface area contributed by atoms with Crippen molar-refractivity contribution >= 4 is 11.5 Å². The van der Waals surface area contributed by atoms with E-state index in [1.807, 2.05) is 31.3 Å². The molecule has 0 amide bonds. The minimum atomic E-state index is 0.0969. The number of likely N-dealkylation sites (N-methyl/N-ethyl adjacent to an activating group) is 1. The Morgan fingerprint density at radius 1 is 1.47 bits per heavy atom. The van der Waals surface area contributed by atoms with Gasteiger partial charge in [-0.05, 0) is 44.7 Å². The predicted octanol–water partition coefficient (Wildman–Crippen LogP) is 1.92. The largest absolute Gasteiger partial charge is 0.370 e. The summed E-state index contributed by atoms with van der Waals surface area (Å²) in [6.07, 6.45) is 1.08. The van der Waals surface area contributed by atoms with Crippen LogP contribution in [0, 0.1) is 11.3 Å². The van der Waals surface area contributed by atoms with Crippen LogP contribution in [-0.4, -0.2) is 43.4 Å². The SMILES string of the molecule is CC(=O)c1ccc(N2CCC(N(C)CC#N)C2)cc1. The highest BCUT2D eigenvalue weighted by atomic mass is 16.1. The van der Waals surface area contributed by atoms with E-state index in [1.165, 1.54) is 0 Å². The quantitative estimate of drug-likeness (QED) is 0.611. The van der Waals surface area contributed by atoms with Gasteiger partial charge in [-0.25, -0.2) is 0 Å². The van der Waals surface area contributed by atoms with Gasteiger partial charge in [0.05, 0.1) is 12.6 Å². The molecule has 19 heavy (non-hydrogen) atoms. The lowest BCUT2D eigenvalue weighted by molar-refractivity contribution is 0.101. The van der Waals surface area contributed by atoms with E-state index in [2.05, 4.69) is 15.9 Å². The average molecular weight is 257 g/mol. The molecule has 0 bridgehead atoms. The molecular formula is C15H19N3O. The summed E-state index contributed by atoms with van der Waals surface area (Å²) in [6, 6.07) is 10.4. The monoisotopic (exact) mass is 257 g/mol. The van der Waals surface area contributed by atoms with Gasteiger partial charge in [-0.3, -0.25) is 9.69 Å². The van der Waals surface area contributed by atoms with Gasteiger partial charge in [0.25, 0.3) is 0 Å². The van der Waals surface area contributed by atoms with Gasteiger partial charge < -0.3 is 4.90 Å². The van der Waals surface area contributed by atoms with E-state index >= 15 is 0 Å². The molecule has 0 N–H and O–H groups in total. The predicted molar refractivity (Wildman–Crippen MR) is 75.3 cm³/mol. The van der Waals surface area contributed by atoms with Crippen molar-refractivity contribution < 1.29 is 4.79 Å². The fourth-order valence-corrected chi connectivity index (χ4v) is 2.48. The number of ketones is 1. The van der Waals surface area contributed by atoms with Gasteiger partial charge in [-0.2, -0.15) is 5.26 Å². The molecule has 0 spiro atoms. The van der Waals surface area contributed by atoms with Gasteiger partial charge >= 0.3 is 0 Å². The first-order valence-electron chi connectivity index (χ1n) is 6.55. The van der Waals surface area contributed by atoms with Crippen molar-refractivity contribution in [1.82, 2.24) is 4.90 Å². The van der Waals surface area contributed by atoms with E-state index in [9.17, 15) is 4.79 Å². The number of benzene rings is 1. The zero-order chi connectivity index (χ0) is 13.8. The molecule has 1 fully saturated rings. The number of Topliss-reactive ketones (excluding diaryl/α,β-unsaturated/α-hetero) is 1. The third-order valence-electron chi connectivity index (χ3n) is 3.75. The summed E-state index contributed by atoms with van der Waals surface area (Å²) in [5.41, 5.74) is 1.90. The molecule has 1 heterocycles. The molecule has 4 heteroatoms. The molecule has 1 aromatic rings. The minimum Gasteiger partial charge on any atom is -0.370 e. The molecule has 1 atom stereocenters. The van der Waals surface area contributed by atoms with E-state index in [-0.39, 0.29) is 5.78 Å². The number of nitrogens with zero attached hydrogens (tertiary/aromatic N) is 3. The number of rotatable bonds is 4. The first kappa shape index (κ1) is 13.6. The zero-order valence-corrected chi connectivity index (χ0v) is 11.5. The van der Waals surface area contributed by atoms with Crippen LogP contribution >= 0.6 is 0 Å². The molecule has 0 aromatic heterocycles. The average Bonchev–Trinajstić information content (AvgIpc) is 2.89. The van der Waals surface area contributed by atoms with Gasteiger partial charge in [0.1, 0.15) is 0 Å². The van der Waals surface area contributed by atoms with Gasteiger partial charge in [-0.1, -0.05) is 0 Å². The second-order valence-electron chi connectivity index (χ2n) is 5.06. The molecule has 4 nitrogen and oxygen atoms in total. The van der Waals surface area contributed by atoms with Crippen LogP contribution in [0.3, 0.4) is 0 Å². The van der Waals surface area contributed by atoms with Gasteiger partial charge in [0.2, 0.25) is 0 Å². The maximum atomic E-state index is 11.2. The van der Waals surface area contributed by atoms with E-state index in [4.69, 9.17) is 5.26 Å². The molecule has 1 aliphatic heterocycles. The summed E-state index contributed by atoms with van der Waals surface area (Å²) in [7, 11) is 2.00. The summed E-state index contributed by atoms with van der Waals surface area (Å²) in [5, 5.41) is 8.73. The number of carbonyl (C=O) groups excluding carboxylic acids is 1. The molecule has 0 aliphatic carbocycles. The Kier molecular flexibility index (Phi) is 4.18. The Morgan fingerprint density at radius 2 is 2.16 bits per heavy atom. The Bertz CT molecular complexity index is 489. The van der Waals surface area contributed by atoms with Crippen molar-refractivity contribution in [1.29, 1.82) is 5.26 Å². The molecule has 0 radical (unpaired) electrons. The van der Waals surface area contributed by atoms with Gasteiger partial charge in [0, 0.05) is 30.4 Å². The zero-order valence-electron chi connectivity index (χ0n) is 11.5. The lowest BCUT2D eigenvalue weighted by Gasteiger charge is -2.23. The summed E-state index contributed by atoms with van der Waals surface area (Å²) >= 11 is 0. The number of nitriles is 1. The third-order valence-corrected chi connectivity index (χ3v) is 3.75. The second-order valence-corrected chi connectivity index (χ2v) is 5.06. The summed E-state index contributed by atoms with van der Waals surface area (Å²) in [5.74, 6) is 0.0969. The van der Waals surface area contributed by atoms with E-state index < -0.39 is 0 Å². The molecule has 1 aromatic carbocycles. The van der Waals surface area contributed by atoms with Crippen LogP contribution < -0.4 is 4.90 Å². The smallest absolute Gasteiger partial charge is 0.159 e. The van der Waals surface area contributed by atoms with Crippen molar-refractivity contribution in [3.63, 3.8) is 0 Å². The number of hydrogen-bond acceptors (Lipinski definition) is 4. The molecule has 100 valence electrons. The van der Waals surface area contributed by atoms with Crippen LogP contribution in [0.1, 0.15) is 23.7 Å². The fourth-order valence-electron chi connectivity index (χ4n) is 2.48. The summed E-state index contributed by atoms with van der Waals surface area (Å²) in [6.45, 7) is 4.00. The van der Waals surface area contributed by atoms with Gasteiger partial charge in [-0.15, -0.1) is 0 Å². The number of carbonyl (C=O) groups is 1. The Labute approximate surface area is 114 Å². The third kappa shape index (κ3) is 3.12. The van der Waals surface area contributed by atoms with Crippen LogP contribution in [0.25, 0.3) is 0 Å². The maximum absolute atomic E-state index is 11.2. The standard InChI is InChI=1S/C15H19N3O/c1-12(19)13-3-5-14(6-4-13)18-9-7-15(11-18)17(2)10-8-16/h3-6,15H,7,9-11H2,1-2H3. The number of anilines is 1. The van der Waals surface area contributed by atoms with E-state index in [0.29, 0.717) is 12.6 Å². The highest BCUT2D eigenvalue weighted by Gasteiger charge is 2.25. The van der Waals surface area contributed by atoms with Crippen molar-refractivity contribution in [2.24, 2.45) is 0 Å². The van der Waals surface area contributed by atoms with Crippen LogP contribution in [0.5, 0.6) is 0 Å². The van der Waals surface area contributed by atoms with Crippen molar-refractivity contribution in [2.45, 2.75) is 19.4 Å². The molecule has 0 saturated carbocycles. The minimum absolute atomic E-state index is 0.0969. The first-order valence-corrected chi connectivity index (χ1v) is 6.55. The lowest BCUT2D eigenvalue weighted by atomic mass is 10.1. The number of hydrogen-bond donors (Lipinski definition) is 0. The summed E-state index contributed by atoms with van der Waals surface area (Å²) < 4.78 is 0. The van der Waals surface area contributed by atoms with Crippen LogP contribution in [0.15, 0.2) is 24.3 Å². The Balaban J connectivity index is 2.01. The van der Waals surface area contributed by atoms with E-state index in [0.717, 1.165) is 30.8 Å². The summed E-state index contributed by atoms with van der Waals surface area (Å²) in [4.78, 5) is 15.6. The van der Waals surface area contributed by atoms with Crippen LogP contribution in [-0.2, 0) is 0 Å². The molecular weight excluding hydrogens is 238 g/mol. The normalized spacial score (nSPS) is 18.6. The van der Waals surface area contributed by atoms with Gasteiger partial charge in [0.15, 0.2) is 5.78 Å². The topological polar surface area (TPSA) is 47.3 Å². The van der Waals surface area contributed by atoms with Crippen molar-refractivity contribution in [3.05, 3.63) is 29.8 Å². The second kappa shape index (κ2) is 5.85. The van der Waals surface area contributed by atoms with Crippen molar-refractivity contribution in [3.8, 4) is 6.07 Å². The Morgan fingerprint density at radius 3 is 2.74 bits per heavy atom. The van der Waals surface area contributed by atoms with Crippen molar-refractivity contribution in [2.75, 3.05) is 31.6 Å². The highest BCUT2D eigenvalue weighted by Crippen LogP contribution is 2.23. The maximum Gasteiger partial charge on any atom is 0.159 e. The molecule has 2 rings (SSSR count).